The Morgan fingerprint density at radius 1 is 1.12 bits per heavy atom. The molecule has 3 rings (SSSR count). The number of H-pyrrole nitrogens is 1. The number of aromatic amines is 1. The SMILES string of the molecule is CN(CC(=O)Nc1ccccc1-c1ccccc1)Cc1cn[nH]c1. The molecule has 1 heterocycles. The van der Waals surface area contributed by atoms with Crippen molar-refractivity contribution in [3.05, 3.63) is 72.6 Å². The number of aromatic nitrogens is 2. The van der Waals surface area contributed by atoms with Crippen molar-refractivity contribution < 1.29 is 4.79 Å². The van der Waals surface area contributed by atoms with Gasteiger partial charge < -0.3 is 5.32 Å². The maximum absolute atomic E-state index is 12.4. The topological polar surface area (TPSA) is 61.0 Å². The van der Waals surface area contributed by atoms with Crippen LogP contribution in [-0.2, 0) is 11.3 Å². The van der Waals surface area contributed by atoms with E-state index in [0.29, 0.717) is 13.1 Å². The smallest absolute Gasteiger partial charge is 0.238 e. The summed E-state index contributed by atoms with van der Waals surface area (Å²) in [6, 6.07) is 17.9. The lowest BCUT2D eigenvalue weighted by Gasteiger charge is -2.16. The molecule has 0 aliphatic rings. The summed E-state index contributed by atoms with van der Waals surface area (Å²) in [5.41, 5.74) is 3.98. The molecular weight excluding hydrogens is 300 g/mol. The molecule has 0 saturated heterocycles. The summed E-state index contributed by atoms with van der Waals surface area (Å²) in [6.45, 7) is 0.985. The quantitative estimate of drug-likeness (QED) is 0.733. The first-order chi connectivity index (χ1) is 11.7. The summed E-state index contributed by atoms with van der Waals surface area (Å²) in [6.07, 6.45) is 3.60. The van der Waals surface area contributed by atoms with Gasteiger partial charge in [0.2, 0.25) is 5.91 Å². The van der Waals surface area contributed by atoms with Gasteiger partial charge in [-0.2, -0.15) is 5.10 Å². The van der Waals surface area contributed by atoms with E-state index in [1.165, 1.54) is 0 Å². The molecule has 122 valence electrons. The van der Waals surface area contributed by atoms with Crippen molar-refractivity contribution in [1.82, 2.24) is 15.1 Å². The molecule has 0 atom stereocenters. The molecule has 5 nitrogen and oxygen atoms in total. The Hall–Kier alpha value is -2.92. The molecule has 0 saturated carbocycles. The Balaban J connectivity index is 1.66. The van der Waals surface area contributed by atoms with Crippen molar-refractivity contribution >= 4 is 11.6 Å². The standard InChI is InChI=1S/C19H20N4O/c1-23(13-15-11-20-21-12-15)14-19(24)22-18-10-6-5-9-17(18)16-7-3-2-4-8-16/h2-12H,13-14H2,1H3,(H,20,21)(H,22,24). The maximum Gasteiger partial charge on any atom is 0.238 e. The fourth-order valence-corrected chi connectivity index (χ4v) is 2.63. The molecule has 0 fully saturated rings. The van der Waals surface area contributed by atoms with E-state index >= 15 is 0 Å². The molecule has 0 spiro atoms. The highest BCUT2D eigenvalue weighted by molar-refractivity contribution is 5.96. The number of nitrogens with one attached hydrogen (secondary N) is 2. The number of nitrogens with zero attached hydrogens (tertiary/aromatic N) is 2. The van der Waals surface area contributed by atoms with Gasteiger partial charge in [-0.15, -0.1) is 0 Å². The molecule has 24 heavy (non-hydrogen) atoms. The van der Waals surface area contributed by atoms with E-state index in [-0.39, 0.29) is 5.91 Å². The van der Waals surface area contributed by atoms with Gasteiger partial charge in [0.1, 0.15) is 0 Å². The molecule has 1 amide bonds. The maximum atomic E-state index is 12.4. The minimum atomic E-state index is -0.0376. The molecule has 5 heteroatoms. The summed E-state index contributed by atoms with van der Waals surface area (Å²) < 4.78 is 0. The van der Waals surface area contributed by atoms with Gasteiger partial charge in [-0.3, -0.25) is 14.8 Å². The monoisotopic (exact) mass is 320 g/mol. The van der Waals surface area contributed by atoms with Crippen molar-refractivity contribution in [3.63, 3.8) is 0 Å². The van der Waals surface area contributed by atoms with Crippen LogP contribution < -0.4 is 5.32 Å². The number of anilines is 1. The van der Waals surface area contributed by atoms with E-state index in [2.05, 4.69) is 15.5 Å². The molecule has 0 aliphatic carbocycles. The van der Waals surface area contributed by atoms with Crippen LogP contribution in [0.1, 0.15) is 5.56 Å². The van der Waals surface area contributed by atoms with Gasteiger partial charge in [-0.1, -0.05) is 48.5 Å². The first kappa shape index (κ1) is 16.0. The zero-order valence-electron chi connectivity index (χ0n) is 13.6. The predicted molar refractivity (Wildman–Crippen MR) is 95.4 cm³/mol. The van der Waals surface area contributed by atoms with Gasteiger partial charge in [0.25, 0.3) is 0 Å². The fourth-order valence-electron chi connectivity index (χ4n) is 2.63. The third-order valence-corrected chi connectivity index (χ3v) is 3.71. The summed E-state index contributed by atoms with van der Waals surface area (Å²) >= 11 is 0. The van der Waals surface area contributed by atoms with Crippen LogP contribution in [0.4, 0.5) is 5.69 Å². The van der Waals surface area contributed by atoms with E-state index < -0.39 is 0 Å². The largest absolute Gasteiger partial charge is 0.324 e. The van der Waals surface area contributed by atoms with Crippen LogP contribution in [0.15, 0.2) is 67.0 Å². The number of carbonyl (C=O) groups excluding carboxylic acids is 1. The van der Waals surface area contributed by atoms with Crippen molar-refractivity contribution in [2.75, 3.05) is 18.9 Å². The molecule has 0 radical (unpaired) electrons. The van der Waals surface area contributed by atoms with Crippen LogP contribution in [0.3, 0.4) is 0 Å². The summed E-state index contributed by atoms with van der Waals surface area (Å²) in [7, 11) is 1.91. The van der Waals surface area contributed by atoms with Crippen LogP contribution in [0.25, 0.3) is 11.1 Å². The second kappa shape index (κ2) is 7.57. The zero-order chi connectivity index (χ0) is 16.8. The Labute approximate surface area is 141 Å². The summed E-state index contributed by atoms with van der Waals surface area (Å²) in [4.78, 5) is 14.3. The minimum absolute atomic E-state index is 0.0376. The Morgan fingerprint density at radius 2 is 1.88 bits per heavy atom. The Morgan fingerprint density at radius 3 is 2.62 bits per heavy atom. The number of likely N-dealkylation sites (N-methyl/N-ethyl adjacent to an activating group) is 1. The second-order valence-corrected chi connectivity index (χ2v) is 5.74. The van der Waals surface area contributed by atoms with Crippen LogP contribution >= 0.6 is 0 Å². The van der Waals surface area contributed by atoms with E-state index in [4.69, 9.17) is 0 Å². The highest BCUT2D eigenvalue weighted by Gasteiger charge is 2.11. The number of benzene rings is 2. The third kappa shape index (κ3) is 4.08. The van der Waals surface area contributed by atoms with Gasteiger partial charge in [-0.25, -0.2) is 0 Å². The van der Waals surface area contributed by atoms with Crippen LogP contribution in [-0.4, -0.2) is 34.6 Å². The fraction of sp³-hybridized carbons (Fsp3) is 0.158. The average molecular weight is 320 g/mol. The molecule has 0 unspecified atom stereocenters. The summed E-state index contributed by atoms with van der Waals surface area (Å²) in [5, 5.41) is 9.71. The van der Waals surface area contributed by atoms with Gasteiger partial charge in [0, 0.05) is 29.6 Å². The van der Waals surface area contributed by atoms with Gasteiger partial charge in [0.15, 0.2) is 0 Å². The number of rotatable bonds is 6. The molecular formula is C19H20N4O. The lowest BCUT2D eigenvalue weighted by Crippen LogP contribution is -2.29. The zero-order valence-corrected chi connectivity index (χ0v) is 13.6. The second-order valence-electron chi connectivity index (χ2n) is 5.74. The lowest BCUT2D eigenvalue weighted by atomic mass is 10.0. The summed E-state index contributed by atoms with van der Waals surface area (Å²) in [5.74, 6) is -0.0376. The highest BCUT2D eigenvalue weighted by atomic mass is 16.2. The number of amides is 1. The van der Waals surface area contributed by atoms with E-state index in [1.807, 2.05) is 72.7 Å². The molecule has 1 aromatic heterocycles. The number of hydrogen-bond donors (Lipinski definition) is 2. The molecule has 0 bridgehead atoms. The molecule has 2 aromatic carbocycles. The van der Waals surface area contributed by atoms with Gasteiger partial charge in [-0.05, 0) is 18.7 Å². The highest BCUT2D eigenvalue weighted by Crippen LogP contribution is 2.27. The van der Waals surface area contributed by atoms with Gasteiger partial charge in [0.05, 0.1) is 12.7 Å². The van der Waals surface area contributed by atoms with Crippen molar-refractivity contribution in [1.29, 1.82) is 0 Å². The first-order valence-corrected chi connectivity index (χ1v) is 7.83. The van der Waals surface area contributed by atoms with E-state index in [0.717, 1.165) is 22.4 Å². The van der Waals surface area contributed by atoms with Crippen molar-refractivity contribution in [2.45, 2.75) is 6.54 Å². The molecule has 2 N–H and O–H groups in total. The number of hydrogen-bond acceptors (Lipinski definition) is 3. The van der Waals surface area contributed by atoms with E-state index in [1.54, 1.807) is 6.20 Å². The van der Waals surface area contributed by atoms with Crippen LogP contribution in [0.5, 0.6) is 0 Å². The lowest BCUT2D eigenvalue weighted by molar-refractivity contribution is -0.117. The molecule has 3 aromatic rings. The van der Waals surface area contributed by atoms with Gasteiger partial charge >= 0.3 is 0 Å². The normalized spacial score (nSPS) is 10.8. The minimum Gasteiger partial charge on any atom is -0.324 e. The third-order valence-electron chi connectivity index (χ3n) is 3.71. The van der Waals surface area contributed by atoms with Crippen LogP contribution in [0, 0.1) is 0 Å². The van der Waals surface area contributed by atoms with E-state index in [9.17, 15) is 4.79 Å². The first-order valence-electron chi connectivity index (χ1n) is 7.83. The van der Waals surface area contributed by atoms with Crippen LogP contribution in [0.2, 0.25) is 0 Å². The Kier molecular flexibility index (Phi) is 5.03. The number of carbonyl (C=O) groups is 1. The average Bonchev–Trinajstić information content (AvgIpc) is 3.09. The van der Waals surface area contributed by atoms with Crippen molar-refractivity contribution in [3.8, 4) is 11.1 Å². The number of para-hydroxylation sites is 1. The van der Waals surface area contributed by atoms with Crippen molar-refractivity contribution in [2.24, 2.45) is 0 Å². The Bertz CT molecular complexity index is 784. The molecule has 0 aliphatic heterocycles. The predicted octanol–water partition coefficient (Wildman–Crippen LogP) is 3.15.